The Morgan fingerprint density at radius 2 is 1.80 bits per heavy atom. The van der Waals surface area contributed by atoms with Crippen molar-refractivity contribution in [1.82, 2.24) is 0 Å². The van der Waals surface area contributed by atoms with Crippen LogP contribution in [0.5, 0.6) is 0 Å². The van der Waals surface area contributed by atoms with Gasteiger partial charge in [0.25, 0.3) is 5.92 Å². The molecule has 0 aromatic heterocycles. The highest BCUT2D eigenvalue weighted by Crippen LogP contribution is 2.21. The van der Waals surface area contributed by atoms with Crippen LogP contribution in [-0.4, -0.2) is 41.9 Å². The Bertz CT molecular complexity index is 214. The summed E-state index contributed by atoms with van der Waals surface area (Å²) < 4.78 is 29.7. The summed E-state index contributed by atoms with van der Waals surface area (Å²) in [6.07, 6.45) is -0.435. The van der Waals surface area contributed by atoms with E-state index in [0.717, 1.165) is 0 Å². The van der Waals surface area contributed by atoms with Crippen molar-refractivity contribution in [2.24, 2.45) is 5.41 Å². The van der Waals surface area contributed by atoms with Gasteiger partial charge in [0.1, 0.15) is 5.41 Å². The summed E-state index contributed by atoms with van der Waals surface area (Å²) in [7, 11) is 0. The molecule has 2 N–H and O–H groups in total. The molecule has 0 saturated carbocycles. The van der Waals surface area contributed by atoms with Gasteiger partial charge >= 0.3 is 5.97 Å². The highest BCUT2D eigenvalue weighted by atomic mass is 19.3. The first-order valence-electron chi connectivity index (χ1n) is 4.58. The van der Waals surface area contributed by atoms with E-state index in [1.54, 1.807) is 0 Å². The maximum absolute atomic E-state index is 12.7. The molecule has 0 saturated heterocycles. The van der Waals surface area contributed by atoms with Gasteiger partial charge in [-0.2, -0.15) is 0 Å². The lowest BCUT2D eigenvalue weighted by Crippen LogP contribution is -2.39. The van der Waals surface area contributed by atoms with Gasteiger partial charge in [-0.3, -0.25) is 4.79 Å². The second-order valence-corrected chi connectivity index (χ2v) is 3.66. The van der Waals surface area contributed by atoms with Crippen LogP contribution in [0.3, 0.4) is 0 Å². The second-order valence-electron chi connectivity index (χ2n) is 3.66. The molecule has 15 heavy (non-hydrogen) atoms. The van der Waals surface area contributed by atoms with Crippen LogP contribution in [0.25, 0.3) is 0 Å². The van der Waals surface area contributed by atoms with E-state index < -0.39 is 43.5 Å². The minimum atomic E-state index is -3.07. The zero-order chi connectivity index (χ0) is 12.1. The lowest BCUT2D eigenvalue weighted by Gasteiger charge is -2.23. The Kier molecular flexibility index (Phi) is 5.10. The number of hydrogen-bond donors (Lipinski definition) is 2. The van der Waals surface area contributed by atoms with E-state index in [2.05, 4.69) is 4.74 Å². The molecule has 0 amide bonds. The number of esters is 1. The number of rotatable bonds is 6. The maximum Gasteiger partial charge on any atom is 0.316 e. The third-order valence-electron chi connectivity index (χ3n) is 2.12. The van der Waals surface area contributed by atoms with E-state index in [0.29, 0.717) is 0 Å². The van der Waals surface area contributed by atoms with Gasteiger partial charge in [-0.05, 0) is 6.92 Å². The second kappa shape index (κ2) is 5.37. The van der Waals surface area contributed by atoms with Crippen LogP contribution in [0.2, 0.25) is 0 Å². The Labute approximate surface area is 86.9 Å². The maximum atomic E-state index is 12.7. The van der Waals surface area contributed by atoms with E-state index in [9.17, 15) is 13.6 Å². The van der Waals surface area contributed by atoms with Crippen molar-refractivity contribution in [3.63, 3.8) is 0 Å². The van der Waals surface area contributed by atoms with Crippen LogP contribution in [0, 0.1) is 5.41 Å². The molecule has 0 aliphatic heterocycles. The summed E-state index contributed by atoms with van der Waals surface area (Å²) >= 11 is 0. The largest absolute Gasteiger partial charge is 0.459 e. The summed E-state index contributed by atoms with van der Waals surface area (Å²) in [5.41, 5.74) is -1.52. The van der Waals surface area contributed by atoms with E-state index in [4.69, 9.17) is 10.2 Å². The fourth-order valence-corrected chi connectivity index (χ4v) is 0.627. The molecule has 0 aliphatic carbocycles. The predicted molar refractivity (Wildman–Crippen MR) is 48.5 cm³/mol. The standard InChI is InChI=1S/C9H16F2O4/c1-3-9(10,11)6-15-7(14)8(2,4-12)5-13/h12-13H,3-6H2,1-2H3. The Balaban J connectivity index is 4.26. The molecule has 6 heteroatoms. The zero-order valence-corrected chi connectivity index (χ0v) is 8.80. The van der Waals surface area contributed by atoms with Crippen molar-refractivity contribution in [2.45, 2.75) is 26.2 Å². The number of aliphatic hydroxyl groups excluding tert-OH is 2. The van der Waals surface area contributed by atoms with Gasteiger partial charge in [0.15, 0.2) is 6.61 Å². The molecule has 0 bridgehead atoms. The van der Waals surface area contributed by atoms with E-state index in [-0.39, 0.29) is 0 Å². The molecule has 90 valence electrons. The van der Waals surface area contributed by atoms with Crippen LogP contribution in [0.15, 0.2) is 0 Å². The van der Waals surface area contributed by atoms with Gasteiger partial charge in [-0.25, -0.2) is 8.78 Å². The average Bonchev–Trinajstić information content (AvgIpc) is 2.24. The van der Waals surface area contributed by atoms with E-state index >= 15 is 0 Å². The van der Waals surface area contributed by atoms with Crippen molar-refractivity contribution >= 4 is 5.97 Å². The molecule has 0 aromatic rings. The Hall–Kier alpha value is -0.750. The minimum absolute atomic E-state index is 0.435. The molecule has 0 fully saturated rings. The van der Waals surface area contributed by atoms with Gasteiger partial charge in [0.05, 0.1) is 13.2 Å². The van der Waals surface area contributed by atoms with E-state index in [1.807, 2.05) is 0 Å². The Morgan fingerprint density at radius 1 is 1.33 bits per heavy atom. The monoisotopic (exact) mass is 226 g/mol. The van der Waals surface area contributed by atoms with Gasteiger partial charge in [-0.1, -0.05) is 6.92 Å². The SMILES string of the molecule is CCC(F)(F)COC(=O)C(C)(CO)CO. The van der Waals surface area contributed by atoms with Crippen molar-refractivity contribution in [3.8, 4) is 0 Å². The van der Waals surface area contributed by atoms with E-state index in [1.165, 1.54) is 13.8 Å². The summed E-state index contributed by atoms with van der Waals surface area (Å²) in [6.45, 7) is 0.169. The fraction of sp³-hybridized carbons (Fsp3) is 0.889. The topological polar surface area (TPSA) is 66.8 Å². The molecule has 0 aliphatic rings. The van der Waals surface area contributed by atoms with Crippen molar-refractivity contribution < 1.29 is 28.5 Å². The average molecular weight is 226 g/mol. The molecule has 0 heterocycles. The smallest absolute Gasteiger partial charge is 0.316 e. The number of carbonyl (C=O) groups is 1. The molecule has 4 nitrogen and oxygen atoms in total. The molecule has 0 spiro atoms. The number of hydrogen-bond acceptors (Lipinski definition) is 4. The molecule has 0 atom stereocenters. The van der Waals surface area contributed by atoms with Crippen molar-refractivity contribution in [2.75, 3.05) is 19.8 Å². The van der Waals surface area contributed by atoms with Gasteiger partial charge in [0.2, 0.25) is 0 Å². The number of ether oxygens (including phenoxy) is 1. The van der Waals surface area contributed by atoms with Crippen LogP contribution < -0.4 is 0 Å². The summed E-state index contributed by atoms with van der Waals surface area (Å²) in [4.78, 5) is 11.2. The van der Waals surface area contributed by atoms with Crippen LogP contribution in [0.4, 0.5) is 8.78 Å². The summed E-state index contributed by atoms with van der Waals surface area (Å²) in [5.74, 6) is -4.10. The highest BCUT2D eigenvalue weighted by molar-refractivity contribution is 5.76. The third-order valence-corrected chi connectivity index (χ3v) is 2.12. The van der Waals surface area contributed by atoms with Gasteiger partial charge in [-0.15, -0.1) is 0 Å². The Morgan fingerprint density at radius 3 is 2.13 bits per heavy atom. The molecular weight excluding hydrogens is 210 g/mol. The number of carbonyl (C=O) groups excluding carboxylic acids is 1. The summed E-state index contributed by atoms with van der Waals surface area (Å²) in [5, 5.41) is 17.6. The fourth-order valence-electron chi connectivity index (χ4n) is 0.627. The van der Waals surface area contributed by atoms with Crippen LogP contribution in [-0.2, 0) is 9.53 Å². The zero-order valence-electron chi connectivity index (χ0n) is 8.80. The van der Waals surface area contributed by atoms with Gasteiger partial charge < -0.3 is 14.9 Å². The van der Waals surface area contributed by atoms with Crippen molar-refractivity contribution in [1.29, 1.82) is 0 Å². The van der Waals surface area contributed by atoms with Gasteiger partial charge in [0, 0.05) is 6.42 Å². The number of halogens is 2. The highest BCUT2D eigenvalue weighted by Gasteiger charge is 2.36. The first-order chi connectivity index (χ1) is 6.81. The quantitative estimate of drug-likeness (QED) is 0.650. The summed E-state index contributed by atoms with van der Waals surface area (Å²) in [6, 6.07) is 0. The predicted octanol–water partition coefficient (Wildman–Crippen LogP) is 0.566. The number of aliphatic hydroxyl groups is 2. The third kappa shape index (κ3) is 4.09. The molecule has 0 unspecified atom stereocenters. The van der Waals surface area contributed by atoms with Crippen LogP contribution in [0.1, 0.15) is 20.3 Å². The first kappa shape index (κ1) is 14.2. The molecule has 0 rings (SSSR count). The van der Waals surface area contributed by atoms with Crippen LogP contribution >= 0.6 is 0 Å². The molecular formula is C9H16F2O4. The lowest BCUT2D eigenvalue weighted by atomic mass is 9.93. The first-order valence-corrected chi connectivity index (χ1v) is 4.58. The molecule has 0 aromatic carbocycles. The lowest BCUT2D eigenvalue weighted by molar-refractivity contribution is -0.171. The molecule has 0 radical (unpaired) electrons. The van der Waals surface area contributed by atoms with Crippen molar-refractivity contribution in [3.05, 3.63) is 0 Å². The minimum Gasteiger partial charge on any atom is -0.459 e. The normalized spacial score (nSPS) is 12.7. The number of alkyl halides is 2.